The maximum atomic E-state index is 12.2. The van der Waals surface area contributed by atoms with Crippen molar-refractivity contribution in [3.8, 4) is 6.07 Å². The van der Waals surface area contributed by atoms with Crippen LogP contribution in [-0.4, -0.2) is 10.9 Å². The summed E-state index contributed by atoms with van der Waals surface area (Å²) in [7, 11) is 0. The predicted molar refractivity (Wildman–Crippen MR) is 81.6 cm³/mol. The highest BCUT2D eigenvalue weighted by molar-refractivity contribution is 5.94. The number of aromatic nitrogens is 1. The molecule has 0 bridgehead atoms. The lowest BCUT2D eigenvalue weighted by molar-refractivity contribution is -0.118. The van der Waals surface area contributed by atoms with Crippen molar-refractivity contribution >= 4 is 11.6 Å². The Labute approximate surface area is 124 Å². The molecule has 0 radical (unpaired) electrons. The van der Waals surface area contributed by atoms with Crippen LogP contribution in [0, 0.1) is 31.1 Å². The minimum Gasteiger partial charge on any atom is -0.325 e. The molecule has 2 aromatic rings. The maximum Gasteiger partial charge on any atom is 0.242 e. The second kappa shape index (κ2) is 6.67. The van der Waals surface area contributed by atoms with Crippen LogP contribution in [0.5, 0.6) is 0 Å². The topological polar surface area (TPSA) is 65.8 Å². The van der Waals surface area contributed by atoms with Crippen molar-refractivity contribution in [2.75, 3.05) is 5.32 Å². The summed E-state index contributed by atoms with van der Waals surface area (Å²) in [5.74, 6) is -1.01. The third kappa shape index (κ3) is 4.15. The van der Waals surface area contributed by atoms with Gasteiger partial charge in [0.25, 0.3) is 0 Å². The summed E-state index contributed by atoms with van der Waals surface area (Å²) in [5.41, 5.74) is 3.75. The molecule has 4 heteroatoms. The molecule has 2 rings (SSSR count). The zero-order valence-electron chi connectivity index (χ0n) is 12.1. The van der Waals surface area contributed by atoms with Gasteiger partial charge in [-0.3, -0.25) is 9.78 Å². The van der Waals surface area contributed by atoms with Crippen LogP contribution < -0.4 is 5.32 Å². The van der Waals surface area contributed by atoms with Gasteiger partial charge in [0.1, 0.15) is 5.92 Å². The summed E-state index contributed by atoms with van der Waals surface area (Å²) < 4.78 is 0. The van der Waals surface area contributed by atoms with E-state index < -0.39 is 5.92 Å². The Morgan fingerprint density at radius 3 is 2.62 bits per heavy atom. The van der Waals surface area contributed by atoms with Crippen LogP contribution in [0.1, 0.15) is 16.7 Å². The Kier molecular flexibility index (Phi) is 4.68. The van der Waals surface area contributed by atoms with Gasteiger partial charge in [0.15, 0.2) is 0 Å². The highest BCUT2D eigenvalue weighted by Gasteiger charge is 2.18. The number of hydrogen-bond acceptors (Lipinski definition) is 3. The summed E-state index contributed by atoms with van der Waals surface area (Å²) in [6.07, 6.45) is 3.70. The molecule has 0 unspecified atom stereocenters. The van der Waals surface area contributed by atoms with Crippen molar-refractivity contribution in [2.45, 2.75) is 20.3 Å². The van der Waals surface area contributed by atoms with Gasteiger partial charge in [-0.05, 0) is 55.2 Å². The van der Waals surface area contributed by atoms with Gasteiger partial charge in [0, 0.05) is 18.1 Å². The van der Waals surface area contributed by atoms with E-state index in [4.69, 9.17) is 0 Å². The summed E-state index contributed by atoms with van der Waals surface area (Å²) in [4.78, 5) is 16.2. The predicted octanol–water partition coefficient (Wildman–Crippen LogP) is 3.02. The Morgan fingerprint density at radius 1 is 1.33 bits per heavy atom. The van der Waals surface area contributed by atoms with E-state index in [2.05, 4.69) is 16.4 Å². The van der Waals surface area contributed by atoms with E-state index in [9.17, 15) is 10.1 Å². The summed E-state index contributed by atoms with van der Waals surface area (Å²) in [6.45, 7) is 3.94. The number of carbonyl (C=O) groups is 1. The molecule has 0 aliphatic rings. The molecule has 106 valence electrons. The number of hydrogen-bond donors (Lipinski definition) is 1. The first-order valence-electron chi connectivity index (χ1n) is 6.76. The Hall–Kier alpha value is -2.67. The van der Waals surface area contributed by atoms with E-state index in [0.29, 0.717) is 6.42 Å². The van der Waals surface area contributed by atoms with Gasteiger partial charge >= 0.3 is 0 Å². The van der Waals surface area contributed by atoms with E-state index in [-0.39, 0.29) is 5.91 Å². The molecular weight excluding hydrogens is 262 g/mol. The van der Waals surface area contributed by atoms with Gasteiger partial charge in [-0.25, -0.2) is 0 Å². The molecule has 1 N–H and O–H groups in total. The normalized spacial score (nSPS) is 11.5. The van der Waals surface area contributed by atoms with E-state index in [0.717, 1.165) is 22.4 Å². The number of nitriles is 1. The molecule has 1 amide bonds. The van der Waals surface area contributed by atoms with Crippen LogP contribution >= 0.6 is 0 Å². The van der Waals surface area contributed by atoms with Crippen molar-refractivity contribution < 1.29 is 4.79 Å². The van der Waals surface area contributed by atoms with E-state index in [1.807, 2.05) is 38.1 Å². The minimum atomic E-state index is -0.727. The molecule has 0 aliphatic heterocycles. The number of nitrogens with zero attached hydrogens (tertiary/aromatic N) is 2. The highest BCUT2D eigenvalue weighted by Crippen LogP contribution is 2.16. The van der Waals surface area contributed by atoms with E-state index in [1.165, 1.54) is 0 Å². The third-order valence-corrected chi connectivity index (χ3v) is 3.12. The number of rotatable bonds is 4. The number of amides is 1. The smallest absolute Gasteiger partial charge is 0.242 e. The Bertz CT molecular complexity index is 654. The van der Waals surface area contributed by atoms with Crippen molar-refractivity contribution in [3.63, 3.8) is 0 Å². The molecule has 4 nitrogen and oxygen atoms in total. The maximum absolute atomic E-state index is 12.2. The average Bonchev–Trinajstić information content (AvgIpc) is 2.44. The van der Waals surface area contributed by atoms with Crippen LogP contribution in [0.15, 0.2) is 42.7 Å². The van der Waals surface area contributed by atoms with E-state index >= 15 is 0 Å². The van der Waals surface area contributed by atoms with Crippen molar-refractivity contribution in [1.82, 2.24) is 4.98 Å². The molecule has 1 aromatic carbocycles. The molecular formula is C17H17N3O. The number of nitrogens with one attached hydrogen (secondary N) is 1. The van der Waals surface area contributed by atoms with Gasteiger partial charge in [-0.15, -0.1) is 0 Å². The summed E-state index contributed by atoms with van der Waals surface area (Å²) >= 11 is 0. The second-order valence-corrected chi connectivity index (χ2v) is 5.11. The molecule has 1 atom stereocenters. The van der Waals surface area contributed by atoms with Crippen LogP contribution in [0.3, 0.4) is 0 Å². The zero-order valence-corrected chi connectivity index (χ0v) is 12.1. The van der Waals surface area contributed by atoms with Gasteiger partial charge in [0.05, 0.1) is 6.07 Å². The molecule has 0 spiro atoms. The number of aryl methyl sites for hydroxylation is 2. The number of pyridine rings is 1. The van der Waals surface area contributed by atoms with Crippen molar-refractivity contribution in [1.29, 1.82) is 5.26 Å². The van der Waals surface area contributed by atoms with Gasteiger partial charge < -0.3 is 5.32 Å². The molecule has 0 saturated heterocycles. The number of anilines is 1. The molecule has 0 aliphatic carbocycles. The van der Waals surface area contributed by atoms with Gasteiger partial charge in [-0.1, -0.05) is 12.1 Å². The first-order chi connectivity index (χ1) is 10.1. The fourth-order valence-corrected chi connectivity index (χ4v) is 2.23. The van der Waals surface area contributed by atoms with Gasteiger partial charge in [-0.2, -0.15) is 5.26 Å². The van der Waals surface area contributed by atoms with Gasteiger partial charge in [0.2, 0.25) is 5.91 Å². The molecule has 0 saturated carbocycles. The molecule has 1 heterocycles. The zero-order chi connectivity index (χ0) is 15.2. The number of benzene rings is 1. The molecule has 1 aromatic heterocycles. The summed E-state index contributed by atoms with van der Waals surface area (Å²) in [5, 5.41) is 12.0. The lowest BCUT2D eigenvalue weighted by Crippen LogP contribution is -2.23. The highest BCUT2D eigenvalue weighted by atomic mass is 16.1. The molecule has 21 heavy (non-hydrogen) atoms. The standard InChI is InChI=1S/C17H17N3O/c1-12-6-13(2)8-16(7-12)20-17(21)15(10-18)9-14-4-3-5-19-11-14/h3-8,11,15H,9H2,1-2H3,(H,20,21)/t15-/m1/s1. The second-order valence-electron chi connectivity index (χ2n) is 5.11. The van der Waals surface area contributed by atoms with Crippen LogP contribution in [0.2, 0.25) is 0 Å². The Balaban J connectivity index is 2.08. The van der Waals surface area contributed by atoms with Crippen LogP contribution in [0.4, 0.5) is 5.69 Å². The quantitative estimate of drug-likeness (QED) is 0.935. The SMILES string of the molecule is Cc1cc(C)cc(NC(=O)[C@@H](C#N)Cc2cccnc2)c1. The first kappa shape index (κ1) is 14.7. The van der Waals surface area contributed by atoms with E-state index in [1.54, 1.807) is 18.5 Å². The fraction of sp³-hybridized carbons (Fsp3) is 0.235. The lowest BCUT2D eigenvalue weighted by Gasteiger charge is -2.11. The third-order valence-electron chi connectivity index (χ3n) is 3.12. The fourth-order valence-electron chi connectivity index (χ4n) is 2.23. The summed E-state index contributed by atoms with van der Waals surface area (Å²) in [6, 6.07) is 11.5. The van der Waals surface area contributed by atoms with Crippen molar-refractivity contribution in [2.24, 2.45) is 5.92 Å². The number of carbonyl (C=O) groups excluding carboxylic acids is 1. The van der Waals surface area contributed by atoms with Crippen LogP contribution in [-0.2, 0) is 11.2 Å². The Morgan fingerprint density at radius 2 is 2.05 bits per heavy atom. The lowest BCUT2D eigenvalue weighted by atomic mass is 10.0. The average molecular weight is 279 g/mol. The van der Waals surface area contributed by atoms with Crippen LogP contribution in [0.25, 0.3) is 0 Å². The molecule has 0 fully saturated rings. The minimum absolute atomic E-state index is 0.286. The van der Waals surface area contributed by atoms with Crippen molar-refractivity contribution in [3.05, 3.63) is 59.4 Å². The monoisotopic (exact) mass is 279 g/mol. The first-order valence-corrected chi connectivity index (χ1v) is 6.76. The largest absolute Gasteiger partial charge is 0.325 e.